The molecule has 6 nitrogen and oxygen atoms in total. The van der Waals surface area contributed by atoms with Gasteiger partial charge in [-0.15, -0.1) is 5.10 Å². The van der Waals surface area contributed by atoms with E-state index in [-0.39, 0.29) is 17.7 Å². The van der Waals surface area contributed by atoms with E-state index in [2.05, 4.69) is 15.2 Å². The van der Waals surface area contributed by atoms with Crippen LogP contribution in [0.25, 0.3) is 11.4 Å². The Kier molecular flexibility index (Phi) is 6.59. The molecule has 146 valence electrons. The van der Waals surface area contributed by atoms with E-state index in [1.165, 1.54) is 11.8 Å². The lowest BCUT2D eigenvalue weighted by Crippen LogP contribution is -2.31. The Balaban J connectivity index is 1.64. The van der Waals surface area contributed by atoms with E-state index in [1.54, 1.807) is 37.3 Å². The normalized spacial score (nSPS) is 11.9. The molecule has 2 aromatic carbocycles. The molecule has 0 aliphatic carbocycles. The summed E-state index contributed by atoms with van der Waals surface area (Å²) in [6, 6.07) is 15.2. The number of amides is 1. The number of halogens is 1. The molecule has 1 N–H and O–H groups in total. The molecule has 0 spiro atoms. The number of rotatable bonds is 7. The Labute approximate surface area is 173 Å². The van der Waals surface area contributed by atoms with E-state index in [0.717, 1.165) is 11.1 Å². The zero-order chi connectivity index (χ0) is 20.1. The zero-order valence-electron chi connectivity index (χ0n) is 15.8. The minimum Gasteiger partial charge on any atom is -0.496 e. The number of benzene rings is 2. The molecule has 1 atom stereocenters. The summed E-state index contributed by atoms with van der Waals surface area (Å²) in [4.78, 5) is 18.7. The Morgan fingerprint density at radius 2 is 2.04 bits per heavy atom. The highest BCUT2D eigenvalue weighted by Gasteiger charge is 2.19. The monoisotopic (exact) mass is 416 g/mol. The smallest absolute Gasteiger partial charge is 0.233 e. The minimum absolute atomic E-state index is 0.00674. The molecule has 0 fully saturated rings. The first-order valence-corrected chi connectivity index (χ1v) is 10.1. The van der Waals surface area contributed by atoms with E-state index in [1.807, 2.05) is 37.3 Å². The quantitative estimate of drug-likeness (QED) is 0.576. The Bertz CT molecular complexity index is 948. The second kappa shape index (κ2) is 9.12. The number of nitrogens with one attached hydrogen (secondary N) is 1. The fraction of sp³-hybridized carbons (Fsp3) is 0.250. The number of hydrogen-bond donors (Lipinski definition) is 1. The van der Waals surface area contributed by atoms with Crippen molar-refractivity contribution in [3.8, 4) is 17.1 Å². The van der Waals surface area contributed by atoms with Gasteiger partial charge in [0, 0.05) is 12.1 Å². The lowest BCUT2D eigenvalue weighted by atomic mass is 10.1. The molecule has 1 amide bonds. The number of hydrogen-bond acceptors (Lipinski definition) is 5. The summed E-state index contributed by atoms with van der Waals surface area (Å²) >= 11 is 7.36. The van der Waals surface area contributed by atoms with Gasteiger partial charge in [0.1, 0.15) is 5.75 Å². The molecule has 0 radical (unpaired) electrons. The number of H-pyrrole nitrogens is 1. The van der Waals surface area contributed by atoms with Gasteiger partial charge in [-0.2, -0.15) is 0 Å². The molecule has 0 bridgehead atoms. The van der Waals surface area contributed by atoms with Crippen LogP contribution >= 0.6 is 23.4 Å². The fourth-order valence-corrected chi connectivity index (χ4v) is 3.59. The van der Waals surface area contributed by atoms with E-state index in [4.69, 9.17) is 16.3 Å². The van der Waals surface area contributed by atoms with Crippen LogP contribution in [-0.4, -0.2) is 45.9 Å². The van der Waals surface area contributed by atoms with Gasteiger partial charge in [0.25, 0.3) is 0 Å². The first kappa shape index (κ1) is 20.2. The van der Waals surface area contributed by atoms with Crippen molar-refractivity contribution >= 4 is 29.3 Å². The molecule has 1 unspecified atom stereocenters. The highest BCUT2D eigenvalue weighted by atomic mass is 35.5. The molecule has 0 saturated heterocycles. The predicted octanol–water partition coefficient (Wildman–Crippen LogP) is 4.45. The lowest BCUT2D eigenvalue weighted by molar-refractivity contribution is -0.128. The van der Waals surface area contributed by atoms with Gasteiger partial charge < -0.3 is 9.64 Å². The molecular formula is C20H21ClN4O2S. The molecule has 28 heavy (non-hydrogen) atoms. The van der Waals surface area contributed by atoms with Crippen LogP contribution in [0.5, 0.6) is 5.75 Å². The number of carbonyl (C=O) groups excluding carboxylic acids is 1. The van der Waals surface area contributed by atoms with Crippen LogP contribution in [0.4, 0.5) is 0 Å². The Morgan fingerprint density at radius 1 is 1.29 bits per heavy atom. The van der Waals surface area contributed by atoms with Gasteiger partial charge >= 0.3 is 0 Å². The third-order valence-corrected chi connectivity index (χ3v) is 5.53. The van der Waals surface area contributed by atoms with Crippen molar-refractivity contribution in [1.82, 2.24) is 20.1 Å². The number of methoxy groups -OCH3 is 1. The van der Waals surface area contributed by atoms with Crippen LogP contribution in [0.15, 0.2) is 53.7 Å². The molecule has 0 saturated carbocycles. The first-order chi connectivity index (χ1) is 13.5. The van der Waals surface area contributed by atoms with E-state index < -0.39 is 0 Å². The summed E-state index contributed by atoms with van der Waals surface area (Å²) in [5.41, 5.74) is 1.81. The average Bonchev–Trinajstić information content (AvgIpc) is 3.20. The minimum atomic E-state index is -0.00674. The van der Waals surface area contributed by atoms with E-state index in [9.17, 15) is 4.79 Å². The van der Waals surface area contributed by atoms with Crippen molar-refractivity contribution in [3.63, 3.8) is 0 Å². The maximum absolute atomic E-state index is 12.6. The van der Waals surface area contributed by atoms with Crippen LogP contribution in [-0.2, 0) is 4.79 Å². The third-order valence-electron chi connectivity index (χ3n) is 4.46. The molecule has 0 aliphatic rings. The van der Waals surface area contributed by atoms with Crippen LogP contribution in [0.2, 0.25) is 5.02 Å². The number of aromatic nitrogens is 3. The van der Waals surface area contributed by atoms with Crippen LogP contribution in [0.3, 0.4) is 0 Å². The number of carbonyl (C=O) groups is 1. The van der Waals surface area contributed by atoms with Crippen molar-refractivity contribution < 1.29 is 9.53 Å². The molecule has 1 heterocycles. The largest absolute Gasteiger partial charge is 0.496 e. The second-order valence-electron chi connectivity index (χ2n) is 6.19. The average molecular weight is 417 g/mol. The predicted molar refractivity (Wildman–Crippen MR) is 112 cm³/mol. The summed E-state index contributed by atoms with van der Waals surface area (Å²) in [6.07, 6.45) is 0. The summed E-state index contributed by atoms with van der Waals surface area (Å²) < 4.78 is 5.35. The number of nitrogens with zero attached hydrogens (tertiary/aromatic N) is 3. The van der Waals surface area contributed by atoms with Crippen molar-refractivity contribution in [2.75, 3.05) is 19.9 Å². The maximum atomic E-state index is 12.6. The fourth-order valence-electron chi connectivity index (χ4n) is 2.70. The first-order valence-electron chi connectivity index (χ1n) is 8.69. The van der Waals surface area contributed by atoms with Gasteiger partial charge in [-0.05, 0) is 30.7 Å². The van der Waals surface area contributed by atoms with E-state index >= 15 is 0 Å². The molecule has 3 rings (SSSR count). The standard InChI is InChI=1S/C20H21ClN4O2S/c1-13(14-7-5-4-6-8-14)25(2)18(26)12-28-20-22-19(23-24-20)16-11-15(21)9-10-17(16)27-3/h4-11,13H,12H2,1-3H3,(H,22,23,24). The summed E-state index contributed by atoms with van der Waals surface area (Å²) in [7, 11) is 3.39. The second-order valence-corrected chi connectivity index (χ2v) is 7.57. The van der Waals surface area contributed by atoms with Gasteiger partial charge in [0.2, 0.25) is 11.1 Å². The number of ether oxygens (including phenoxy) is 1. The molecule has 3 aromatic rings. The number of aromatic amines is 1. The highest BCUT2D eigenvalue weighted by molar-refractivity contribution is 7.99. The van der Waals surface area contributed by atoms with Crippen LogP contribution in [0.1, 0.15) is 18.5 Å². The van der Waals surface area contributed by atoms with Crippen molar-refractivity contribution in [2.24, 2.45) is 0 Å². The molecule has 8 heteroatoms. The summed E-state index contributed by atoms with van der Waals surface area (Å²) in [6.45, 7) is 2.01. The van der Waals surface area contributed by atoms with Crippen molar-refractivity contribution in [2.45, 2.75) is 18.1 Å². The van der Waals surface area contributed by atoms with Gasteiger partial charge in [-0.3, -0.25) is 9.89 Å². The topological polar surface area (TPSA) is 71.1 Å². The zero-order valence-corrected chi connectivity index (χ0v) is 17.4. The van der Waals surface area contributed by atoms with E-state index in [0.29, 0.717) is 21.8 Å². The third kappa shape index (κ3) is 4.66. The highest BCUT2D eigenvalue weighted by Crippen LogP contribution is 2.31. The maximum Gasteiger partial charge on any atom is 0.233 e. The molecule has 0 aliphatic heterocycles. The molecular weight excluding hydrogens is 396 g/mol. The summed E-state index contributed by atoms with van der Waals surface area (Å²) in [5, 5.41) is 8.14. The number of thioether (sulfide) groups is 1. The van der Waals surface area contributed by atoms with Crippen molar-refractivity contribution in [1.29, 1.82) is 0 Å². The van der Waals surface area contributed by atoms with Gasteiger partial charge in [-0.1, -0.05) is 53.7 Å². The summed E-state index contributed by atoms with van der Waals surface area (Å²) in [5.74, 6) is 1.44. The van der Waals surface area contributed by atoms with Gasteiger partial charge in [-0.25, -0.2) is 4.98 Å². The molecule has 1 aromatic heterocycles. The SMILES string of the molecule is COc1ccc(Cl)cc1-c1nc(SCC(=O)N(C)C(C)c2ccccc2)n[nH]1. The van der Waals surface area contributed by atoms with Gasteiger partial charge in [0.05, 0.1) is 24.5 Å². The van der Waals surface area contributed by atoms with Crippen LogP contribution in [0, 0.1) is 0 Å². The van der Waals surface area contributed by atoms with Crippen LogP contribution < -0.4 is 4.74 Å². The van der Waals surface area contributed by atoms with Crippen molar-refractivity contribution in [3.05, 3.63) is 59.1 Å². The Hall–Kier alpha value is -2.51. The lowest BCUT2D eigenvalue weighted by Gasteiger charge is -2.25. The Morgan fingerprint density at radius 3 is 2.75 bits per heavy atom. The van der Waals surface area contributed by atoms with Gasteiger partial charge in [0.15, 0.2) is 5.82 Å².